The van der Waals surface area contributed by atoms with Gasteiger partial charge in [0.15, 0.2) is 0 Å². The molecular weight excluding hydrogens is 136 g/mol. The summed E-state index contributed by atoms with van der Waals surface area (Å²) >= 11 is 0. The van der Waals surface area contributed by atoms with Gasteiger partial charge in [-0.25, -0.2) is 0 Å². The molecule has 0 spiro atoms. The van der Waals surface area contributed by atoms with Gasteiger partial charge in [0.2, 0.25) is 0 Å². The second-order valence-electron chi connectivity index (χ2n) is 1.49. The van der Waals surface area contributed by atoms with Crippen molar-refractivity contribution in [2.75, 3.05) is 19.8 Å². The van der Waals surface area contributed by atoms with E-state index in [1.807, 2.05) is 0 Å². The molecule has 0 radical (unpaired) electrons. The smallest absolute Gasteiger partial charge is 0.100 e. The highest BCUT2D eigenvalue weighted by molar-refractivity contribution is 4.60. The molecule has 0 amide bonds. The van der Waals surface area contributed by atoms with E-state index in [2.05, 4.69) is 6.58 Å². The van der Waals surface area contributed by atoms with Gasteiger partial charge < -0.3 is 20.4 Å². The highest BCUT2D eigenvalue weighted by Gasteiger charge is 1.93. The number of hydrogen-bond acceptors (Lipinski definition) is 4. The van der Waals surface area contributed by atoms with E-state index in [1.54, 1.807) is 0 Å². The van der Waals surface area contributed by atoms with E-state index in [0.717, 1.165) is 0 Å². The Bertz CT molecular complexity index is 60.8. The van der Waals surface area contributed by atoms with E-state index in [1.165, 1.54) is 6.08 Å². The number of hydrogen-bond donors (Lipinski definition) is 4. The van der Waals surface area contributed by atoms with Crippen LogP contribution in [-0.4, -0.2) is 46.4 Å². The molecule has 4 N–H and O–H groups in total. The first kappa shape index (κ1) is 12.3. The number of aliphatic hydroxyl groups is 4. The Morgan fingerprint density at radius 3 is 1.50 bits per heavy atom. The normalized spacial score (nSPS) is 8.50. The maximum Gasteiger partial charge on any atom is 0.100 e. The van der Waals surface area contributed by atoms with Crippen LogP contribution in [0.1, 0.15) is 0 Å². The fourth-order valence-corrected chi connectivity index (χ4v) is 0.0577. The van der Waals surface area contributed by atoms with Gasteiger partial charge in [-0.05, 0) is 0 Å². The van der Waals surface area contributed by atoms with Crippen molar-refractivity contribution in [3.8, 4) is 0 Å². The lowest BCUT2D eigenvalue weighted by Crippen LogP contribution is -2.15. The first-order chi connectivity index (χ1) is 4.72. The van der Waals surface area contributed by atoms with Crippen LogP contribution in [0.15, 0.2) is 12.7 Å². The third-order valence-electron chi connectivity index (χ3n) is 0.551. The van der Waals surface area contributed by atoms with E-state index in [-0.39, 0.29) is 19.8 Å². The van der Waals surface area contributed by atoms with Crippen molar-refractivity contribution in [2.24, 2.45) is 0 Å². The highest BCUT2D eigenvalue weighted by Crippen LogP contribution is 1.71. The van der Waals surface area contributed by atoms with Gasteiger partial charge in [0.05, 0.1) is 19.8 Å². The Morgan fingerprint density at radius 2 is 1.50 bits per heavy atom. The third kappa shape index (κ3) is 15.6. The monoisotopic (exact) mass is 150 g/mol. The molecule has 62 valence electrons. The molecule has 0 saturated heterocycles. The predicted molar refractivity (Wildman–Crippen MR) is 37.5 cm³/mol. The van der Waals surface area contributed by atoms with Crippen LogP contribution < -0.4 is 0 Å². The average Bonchev–Trinajstić information content (AvgIpc) is 2.03. The molecule has 4 heteroatoms. The summed E-state index contributed by atoms with van der Waals surface area (Å²) in [6, 6.07) is 0. The van der Waals surface area contributed by atoms with E-state index in [0.29, 0.717) is 0 Å². The maximum absolute atomic E-state index is 8.17. The zero-order valence-corrected chi connectivity index (χ0v) is 5.77. The number of rotatable bonds is 3. The van der Waals surface area contributed by atoms with Crippen molar-refractivity contribution in [3.63, 3.8) is 0 Å². The minimum Gasteiger partial charge on any atom is -0.394 e. The van der Waals surface area contributed by atoms with E-state index in [4.69, 9.17) is 20.4 Å². The largest absolute Gasteiger partial charge is 0.394 e. The summed E-state index contributed by atoms with van der Waals surface area (Å²) in [4.78, 5) is 0. The molecular formula is C6H14O4. The Labute approximate surface area is 60.1 Å². The molecule has 0 heterocycles. The molecule has 0 aliphatic carbocycles. The first-order valence-electron chi connectivity index (χ1n) is 2.84. The SMILES string of the molecule is C=CCO.OCC(O)CO. The van der Waals surface area contributed by atoms with Crippen LogP contribution in [0.3, 0.4) is 0 Å². The van der Waals surface area contributed by atoms with Crippen LogP contribution in [0.2, 0.25) is 0 Å². The predicted octanol–water partition coefficient (Wildman–Crippen LogP) is -1.50. The van der Waals surface area contributed by atoms with Crippen molar-refractivity contribution in [3.05, 3.63) is 12.7 Å². The lowest BCUT2D eigenvalue weighted by atomic mass is 10.4. The topological polar surface area (TPSA) is 80.9 Å². The molecule has 0 atom stereocenters. The fraction of sp³-hybridized carbons (Fsp3) is 0.667. The van der Waals surface area contributed by atoms with Gasteiger partial charge in [0.25, 0.3) is 0 Å². The van der Waals surface area contributed by atoms with E-state index < -0.39 is 6.10 Å². The Morgan fingerprint density at radius 1 is 1.20 bits per heavy atom. The van der Waals surface area contributed by atoms with Crippen LogP contribution in [0, 0.1) is 0 Å². The highest BCUT2D eigenvalue weighted by atomic mass is 16.3. The Kier molecular flexibility index (Phi) is 14.0. The summed E-state index contributed by atoms with van der Waals surface area (Å²) in [7, 11) is 0. The van der Waals surface area contributed by atoms with Crippen molar-refractivity contribution in [1.82, 2.24) is 0 Å². The summed E-state index contributed by atoms with van der Waals surface area (Å²) in [6.07, 6.45) is 0.477. The Hall–Kier alpha value is -0.420. The molecule has 0 bridgehead atoms. The van der Waals surface area contributed by atoms with Gasteiger partial charge in [-0.2, -0.15) is 0 Å². The molecule has 4 nitrogen and oxygen atoms in total. The Balaban J connectivity index is 0. The second kappa shape index (κ2) is 11.4. The van der Waals surface area contributed by atoms with Crippen molar-refractivity contribution in [1.29, 1.82) is 0 Å². The molecule has 0 aliphatic heterocycles. The fourth-order valence-electron chi connectivity index (χ4n) is 0.0577. The van der Waals surface area contributed by atoms with Gasteiger partial charge >= 0.3 is 0 Å². The van der Waals surface area contributed by atoms with E-state index in [9.17, 15) is 0 Å². The molecule has 0 aromatic heterocycles. The molecule has 0 aliphatic rings. The quantitative estimate of drug-likeness (QED) is 0.369. The lowest BCUT2D eigenvalue weighted by molar-refractivity contribution is 0.0450. The molecule has 0 unspecified atom stereocenters. The first-order valence-corrected chi connectivity index (χ1v) is 2.84. The summed E-state index contributed by atoms with van der Waals surface area (Å²) < 4.78 is 0. The van der Waals surface area contributed by atoms with Gasteiger partial charge in [-0.15, -0.1) is 6.58 Å². The summed E-state index contributed by atoms with van der Waals surface area (Å²) in [5, 5.41) is 31.8. The van der Waals surface area contributed by atoms with Crippen molar-refractivity contribution >= 4 is 0 Å². The molecule has 10 heavy (non-hydrogen) atoms. The second-order valence-corrected chi connectivity index (χ2v) is 1.49. The minimum atomic E-state index is -0.954. The van der Waals surface area contributed by atoms with Crippen LogP contribution in [0.4, 0.5) is 0 Å². The van der Waals surface area contributed by atoms with Gasteiger partial charge in [-0.1, -0.05) is 6.08 Å². The van der Waals surface area contributed by atoms with E-state index >= 15 is 0 Å². The van der Waals surface area contributed by atoms with Gasteiger partial charge in [0, 0.05) is 0 Å². The summed E-state index contributed by atoms with van der Waals surface area (Å²) in [6.45, 7) is 2.58. The summed E-state index contributed by atoms with van der Waals surface area (Å²) in [5.74, 6) is 0. The maximum atomic E-state index is 8.17. The molecule has 0 fully saturated rings. The average molecular weight is 150 g/mol. The zero-order valence-electron chi connectivity index (χ0n) is 5.77. The third-order valence-corrected chi connectivity index (χ3v) is 0.551. The molecule has 0 rings (SSSR count). The van der Waals surface area contributed by atoms with Gasteiger partial charge in [-0.3, -0.25) is 0 Å². The van der Waals surface area contributed by atoms with Crippen LogP contribution in [0.5, 0.6) is 0 Å². The van der Waals surface area contributed by atoms with Gasteiger partial charge in [0.1, 0.15) is 6.10 Å². The number of aliphatic hydroxyl groups excluding tert-OH is 4. The van der Waals surface area contributed by atoms with Crippen molar-refractivity contribution in [2.45, 2.75) is 6.10 Å². The molecule has 0 saturated carbocycles. The standard InChI is InChI=1S/C3H8O3.C3H6O/c4-1-3(6)2-5;1-2-3-4/h3-6H,1-2H2;2,4H,1,3H2. The van der Waals surface area contributed by atoms with Crippen LogP contribution >= 0.6 is 0 Å². The van der Waals surface area contributed by atoms with Crippen LogP contribution in [-0.2, 0) is 0 Å². The minimum absolute atomic E-state index is 0.0833. The summed E-state index contributed by atoms with van der Waals surface area (Å²) in [5.41, 5.74) is 0. The molecule has 0 aromatic carbocycles. The van der Waals surface area contributed by atoms with Crippen LogP contribution in [0.25, 0.3) is 0 Å². The lowest BCUT2D eigenvalue weighted by Gasteiger charge is -1.96. The van der Waals surface area contributed by atoms with Crippen molar-refractivity contribution < 1.29 is 20.4 Å². The zero-order chi connectivity index (χ0) is 8.41. The molecule has 0 aromatic rings.